The normalized spacial score (nSPS) is 18.6. The molecule has 0 spiro atoms. The van der Waals surface area contributed by atoms with E-state index in [1.54, 1.807) is 6.08 Å². The van der Waals surface area contributed by atoms with E-state index in [9.17, 15) is 4.79 Å². The molecule has 0 aromatic heterocycles. The van der Waals surface area contributed by atoms with E-state index >= 15 is 0 Å². The minimum absolute atomic E-state index is 0.556. The summed E-state index contributed by atoms with van der Waals surface area (Å²) in [5, 5.41) is 11.7. The van der Waals surface area contributed by atoms with Crippen molar-refractivity contribution in [3.63, 3.8) is 0 Å². The summed E-state index contributed by atoms with van der Waals surface area (Å²) in [5.74, 6) is 0.0537. The number of hydrogen-bond donors (Lipinski definition) is 2. The van der Waals surface area contributed by atoms with Crippen LogP contribution in [0.1, 0.15) is 32.6 Å². The fourth-order valence-corrected chi connectivity index (χ4v) is 1.54. The molecule has 80 valence electrons. The molecule has 3 nitrogen and oxygen atoms in total. The van der Waals surface area contributed by atoms with Crippen LogP contribution in [0, 0.1) is 5.92 Å². The van der Waals surface area contributed by atoms with Gasteiger partial charge in [0, 0.05) is 18.7 Å². The second-order valence-electron chi connectivity index (χ2n) is 3.93. The lowest BCUT2D eigenvalue weighted by Gasteiger charge is -2.14. The number of aliphatic carboxylic acids is 1. The van der Waals surface area contributed by atoms with Gasteiger partial charge in [0.15, 0.2) is 0 Å². The topological polar surface area (TPSA) is 49.3 Å². The minimum Gasteiger partial charge on any atom is -0.478 e. The monoisotopic (exact) mass is 197 g/mol. The van der Waals surface area contributed by atoms with Gasteiger partial charge < -0.3 is 10.4 Å². The first kappa shape index (κ1) is 11.2. The highest BCUT2D eigenvalue weighted by Crippen LogP contribution is 2.33. The van der Waals surface area contributed by atoms with Gasteiger partial charge in [-0.1, -0.05) is 25.8 Å². The van der Waals surface area contributed by atoms with Gasteiger partial charge in [-0.15, -0.1) is 0 Å². The van der Waals surface area contributed by atoms with Gasteiger partial charge in [0.25, 0.3) is 0 Å². The number of nitrogens with one attached hydrogen (secondary N) is 1. The molecule has 0 heterocycles. The first-order valence-corrected chi connectivity index (χ1v) is 5.35. The molecule has 1 fully saturated rings. The molecule has 0 aromatic carbocycles. The third-order valence-corrected chi connectivity index (χ3v) is 2.59. The molecule has 0 bridgehead atoms. The molecule has 1 rings (SSSR count). The van der Waals surface area contributed by atoms with Crippen LogP contribution in [0.15, 0.2) is 12.2 Å². The molecular weight excluding hydrogens is 178 g/mol. The predicted molar refractivity (Wildman–Crippen MR) is 56.2 cm³/mol. The highest BCUT2D eigenvalue weighted by atomic mass is 16.4. The number of hydrogen-bond acceptors (Lipinski definition) is 2. The maximum absolute atomic E-state index is 10.2. The molecule has 1 saturated carbocycles. The Hall–Kier alpha value is -0.830. The van der Waals surface area contributed by atoms with Crippen LogP contribution >= 0.6 is 0 Å². The summed E-state index contributed by atoms with van der Waals surface area (Å²) in [6, 6.07) is 0.556. The summed E-state index contributed by atoms with van der Waals surface area (Å²) in [4.78, 5) is 10.2. The Bertz CT molecular complexity index is 209. The average molecular weight is 197 g/mol. The maximum Gasteiger partial charge on any atom is 0.328 e. The van der Waals surface area contributed by atoms with Crippen molar-refractivity contribution in [2.75, 3.05) is 6.54 Å². The molecule has 0 aliphatic heterocycles. The van der Waals surface area contributed by atoms with E-state index in [-0.39, 0.29) is 0 Å². The average Bonchev–Trinajstić information content (AvgIpc) is 2.93. The van der Waals surface area contributed by atoms with Gasteiger partial charge in [-0.3, -0.25) is 0 Å². The van der Waals surface area contributed by atoms with Crippen LogP contribution in [0.25, 0.3) is 0 Å². The molecule has 0 aromatic rings. The lowest BCUT2D eigenvalue weighted by Crippen LogP contribution is -2.29. The molecule has 1 unspecified atom stereocenters. The SMILES string of the molecule is CCC(CC1CC1)NC/C=C/C(=O)O. The molecule has 1 aliphatic rings. The van der Waals surface area contributed by atoms with Gasteiger partial charge in [0.2, 0.25) is 0 Å². The summed E-state index contributed by atoms with van der Waals surface area (Å²) < 4.78 is 0. The van der Waals surface area contributed by atoms with Crippen LogP contribution in [-0.2, 0) is 4.79 Å². The summed E-state index contributed by atoms with van der Waals surface area (Å²) in [5.41, 5.74) is 0. The van der Waals surface area contributed by atoms with Crippen molar-refractivity contribution in [1.29, 1.82) is 0 Å². The van der Waals surface area contributed by atoms with Gasteiger partial charge in [-0.25, -0.2) is 4.79 Å². The van der Waals surface area contributed by atoms with E-state index in [2.05, 4.69) is 12.2 Å². The van der Waals surface area contributed by atoms with Gasteiger partial charge in [-0.2, -0.15) is 0 Å². The predicted octanol–water partition coefficient (Wildman–Crippen LogP) is 1.80. The van der Waals surface area contributed by atoms with Crippen molar-refractivity contribution in [2.45, 2.75) is 38.6 Å². The Morgan fingerprint density at radius 1 is 1.64 bits per heavy atom. The Morgan fingerprint density at radius 3 is 2.86 bits per heavy atom. The summed E-state index contributed by atoms with van der Waals surface area (Å²) >= 11 is 0. The van der Waals surface area contributed by atoms with Crippen LogP contribution < -0.4 is 5.32 Å². The fourth-order valence-electron chi connectivity index (χ4n) is 1.54. The minimum atomic E-state index is -0.873. The van der Waals surface area contributed by atoms with Gasteiger partial charge in [0.1, 0.15) is 0 Å². The third-order valence-electron chi connectivity index (χ3n) is 2.59. The smallest absolute Gasteiger partial charge is 0.328 e. The Labute approximate surface area is 85.2 Å². The molecule has 2 N–H and O–H groups in total. The number of carboxylic acids is 1. The number of carbonyl (C=O) groups is 1. The van der Waals surface area contributed by atoms with E-state index in [4.69, 9.17) is 5.11 Å². The van der Waals surface area contributed by atoms with Crippen molar-refractivity contribution in [3.8, 4) is 0 Å². The largest absolute Gasteiger partial charge is 0.478 e. The van der Waals surface area contributed by atoms with E-state index in [1.165, 1.54) is 25.3 Å². The van der Waals surface area contributed by atoms with Crippen molar-refractivity contribution < 1.29 is 9.90 Å². The first-order chi connectivity index (χ1) is 6.72. The van der Waals surface area contributed by atoms with E-state index in [0.29, 0.717) is 12.6 Å². The summed E-state index contributed by atoms with van der Waals surface area (Å²) in [6.45, 7) is 2.83. The molecule has 3 heteroatoms. The highest BCUT2D eigenvalue weighted by molar-refractivity contribution is 5.79. The Balaban J connectivity index is 2.09. The zero-order valence-electron chi connectivity index (χ0n) is 8.70. The lowest BCUT2D eigenvalue weighted by molar-refractivity contribution is -0.131. The quantitative estimate of drug-likeness (QED) is 0.612. The summed E-state index contributed by atoms with van der Waals surface area (Å²) in [6.07, 6.45) is 7.98. The fraction of sp³-hybridized carbons (Fsp3) is 0.727. The molecular formula is C11H19NO2. The molecule has 14 heavy (non-hydrogen) atoms. The van der Waals surface area contributed by atoms with Gasteiger partial charge >= 0.3 is 5.97 Å². The van der Waals surface area contributed by atoms with Crippen LogP contribution in [0.4, 0.5) is 0 Å². The molecule has 1 atom stereocenters. The van der Waals surface area contributed by atoms with Crippen molar-refractivity contribution >= 4 is 5.97 Å². The zero-order valence-corrected chi connectivity index (χ0v) is 8.70. The standard InChI is InChI=1S/C11H19NO2/c1-2-10(8-9-5-6-9)12-7-3-4-11(13)14/h3-4,9-10,12H,2,5-8H2,1H3,(H,13,14)/b4-3+. The molecule has 0 saturated heterocycles. The molecule has 1 aliphatic carbocycles. The van der Waals surface area contributed by atoms with Crippen LogP contribution in [-0.4, -0.2) is 23.7 Å². The van der Waals surface area contributed by atoms with Crippen molar-refractivity contribution in [3.05, 3.63) is 12.2 Å². The van der Waals surface area contributed by atoms with E-state index in [1.807, 2.05) is 0 Å². The Morgan fingerprint density at radius 2 is 2.36 bits per heavy atom. The summed E-state index contributed by atoms with van der Waals surface area (Å²) in [7, 11) is 0. The van der Waals surface area contributed by atoms with Crippen LogP contribution in [0.3, 0.4) is 0 Å². The van der Waals surface area contributed by atoms with Crippen LogP contribution in [0.5, 0.6) is 0 Å². The maximum atomic E-state index is 10.2. The zero-order chi connectivity index (χ0) is 10.4. The van der Waals surface area contributed by atoms with Crippen molar-refractivity contribution in [1.82, 2.24) is 5.32 Å². The molecule has 0 radical (unpaired) electrons. The van der Waals surface area contributed by atoms with E-state index in [0.717, 1.165) is 12.3 Å². The lowest BCUT2D eigenvalue weighted by atomic mass is 10.1. The van der Waals surface area contributed by atoms with Gasteiger partial charge in [-0.05, 0) is 18.8 Å². The Kier molecular flexibility index (Phi) is 4.66. The number of carboxylic acid groups (broad SMARTS) is 1. The van der Waals surface area contributed by atoms with Crippen LogP contribution in [0.2, 0.25) is 0 Å². The van der Waals surface area contributed by atoms with Gasteiger partial charge in [0.05, 0.1) is 0 Å². The first-order valence-electron chi connectivity index (χ1n) is 5.35. The second-order valence-corrected chi connectivity index (χ2v) is 3.93. The third kappa shape index (κ3) is 5.02. The molecule has 0 amide bonds. The van der Waals surface area contributed by atoms with Crippen molar-refractivity contribution in [2.24, 2.45) is 5.92 Å². The number of rotatable bonds is 7. The highest BCUT2D eigenvalue weighted by Gasteiger charge is 2.24. The van der Waals surface area contributed by atoms with E-state index < -0.39 is 5.97 Å². The second kappa shape index (κ2) is 5.81.